The number of hydrogen-bond donors (Lipinski definition) is 2. The molecule has 0 radical (unpaired) electrons. The van der Waals surface area contributed by atoms with E-state index in [0.717, 1.165) is 44.8 Å². The molecule has 9 nitrogen and oxygen atoms in total. The van der Waals surface area contributed by atoms with Crippen molar-refractivity contribution in [2.75, 3.05) is 43.4 Å². The van der Waals surface area contributed by atoms with Crippen LogP contribution >= 0.6 is 0 Å². The first-order valence-corrected chi connectivity index (χ1v) is 14.8. The van der Waals surface area contributed by atoms with E-state index in [1.165, 1.54) is 13.1 Å². The van der Waals surface area contributed by atoms with E-state index in [1.54, 1.807) is 4.90 Å². The Morgan fingerprint density at radius 2 is 1.86 bits per heavy atom. The number of pyridine rings is 2. The van der Waals surface area contributed by atoms with Gasteiger partial charge in [-0.3, -0.25) is 9.88 Å². The molecule has 3 aromatic rings. The van der Waals surface area contributed by atoms with Gasteiger partial charge in [-0.05, 0) is 70.2 Å². The Balaban J connectivity index is 1.36. The normalized spacial score (nSPS) is 24.9. The van der Waals surface area contributed by atoms with Crippen LogP contribution in [0.5, 0.6) is 6.01 Å². The highest BCUT2D eigenvalue weighted by Gasteiger charge is 2.51. The van der Waals surface area contributed by atoms with Crippen LogP contribution < -0.4 is 20.7 Å². The average molecular weight is 623 g/mol. The first-order chi connectivity index (χ1) is 20.9. The summed E-state index contributed by atoms with van der Waals surface area (Å²) in [4.78, 5) is 20.8. The molecule has 0 spiro atoms. The van der Waals surface area contributed by atoms with Gasteiger partial charge in [0.15, 0.2) is 5.82 Å². The number of nitrogen functional groups attached to an aromatic ring is 1. The molecule has 236 valence electrons. The molecule has 4 aliphatic heterocycles. The van der Waals surface area contributed by atoms with Crippen LogP contribution in [-0.4, -0.2) is 81.2 Å². The van der Waals surface area contributed by atoms with Crippen LogP contribution in [0.15, 0.2) is 12.3 Å². The Hall–Kier alpha value is -3.46. The smallest absolute Gasteiger partial charge is 0.418 e. The van der Waals surface area contributed by atoms with Crippen molar-refractivity contribution >= 4 is 22.5 Å². The van der Waals surface area contributed by atoms with Gasteiger partial charge in [0, 0.05) is 25.3 Å². The first kappa shape index (κ1) is 29.3. The van der Waals surface area contributed by atoms with Crippen LogP contribution in [0, 0.1) is 12.7 Å². The van der Waals surface area contributed by atoms with Gasteiger partial charge < -0.3 is 20.7 Å². The third-order valence-electron chi connectivity index (χ3n) is 9.73. The molecular formula is C29H32F6N8O. The van der Waals surface area contributed by atoms with Crippen LogP contribution in [-0.2, 0) is 6.18 Å². The Morgan fingerprint density at radius 3 is 2.57 bits per heavy atom. The molecule has 1 unspecified atom stereocenters. The maximum absolute atomic E-state index is 16.4. The third kappa shape index (κ3) is 4.70. The number of ether oxygens (including phenoxy) is 1. The van der Waals surface area contributed by atoms with Crippen LogP contribution in [0.1, 0.15) is 49.7 Å². The van der Waals surface area contributed by atoms with Crippen molar-refractivity contribution in [1.82, 2.24) is 30.2 Å². The number of rotatable bonds is 6. The van der Waals surface area contributed by atoms with E-state index in [-0.39, 0.29) is 65.3 Å². The molecule has 7 rings (SSSR count). The lowest BCUT2D eigenvalue weighted by atomic mass is 9.95. The van der Waals surface area contributed by atoms with E-state index in [0.29, 0.717) is 13.0 Å². The van der Waals surface area contributed by atoms with Crippen molar-refractivity contribution in [2.24, 2.45) is 0 Å². The molecule has 4 fully saturated rings. The molecule has 44 heavy (non-hydrogen) atoms. The lowest BCUT2D eigenvalue weighted by Gasteiger charge is -2.41. The SMILES string of the molecule is Cc1cc(N)nc(-c2ncc3c(N4C[C@H]5CCC(C(F)F)(C4)N5)nc(OCC45CCCN4CCC5)nc3c2F)c1C(F)(F)F. The summed E-state index contributed by atoms with van der Waals surface area (Å²) in [6.45, 7) is 3.56. The number of halogens is 6. The lowest BCUT2D eigenvalue weighted by Crippen LogP contribution is -2.63. The minimum absolute atomic E-state index is 0.0695. The van der Waals surface area contributed by atoms with E-state index >= 15 is 4.39 Å². The molecule has 4 aliphatic rings. The highest BCUT2D eigenvalue weighted by atomic mass is 19.4. The van der Waals surface area contributed by atoms with E-state index in [1.807, 2.05) is 0 Å². The van der Waals surface area contributed by atoms with Gasteiger partial charge in [-0.25, -0.2) is 18.2 Å². The monoisotopic (exact) mass is 622 g/mol. The molecule has 2 bridgehead atoms. The second kappa shape index (κ2) is 10.3. The van der Waals surface area contributed by atoms with Gasteiger partial charge in [0.05, 0.1) is 22.0 Å². The minimum Gasteiger partial charge on any atom is -0.461 e. The Kier molecular flexibility index (Phi) is 6.84. The molecule has 0 aromatic carbocycles. The van der Waals surface area contributed by atoms with Gasteiger partial charge in [-0.1, -0.05) is 0 Å². The fraction of sp³-hybridized carbons (Fsp3) is 0.586. The highest BCUT2D eigenvalue weighted by Crippen LogP contribution is 2.43. The first-order valence-electron chi connectivity index (χ1n) is 14.8. The van der Waals surface area contributed by atoms with Crippen molar-refractivity contribution < 1.29 is 31.1 Å². The summed E-state index contributed by atoms with van der Waals surface area (Å²) in [5.74, 6) is -1.26. The number of aryl methyl sites for hydroxylation is 1. The topological polar surface area (TPSA) is 105 Å². The van der Waals surface area contributed by atoms with Crippen LogP contribution in [0.2, 0.25) is 0 Å². The number of nitrogens with zero attached hydrogens (tertiary/aromatic N) is 6. The summed E-state index contributed by atoms with van der Waals surface area (Å²) < 4.78 is 93.5. The molecule has 0 saturated carbocycles. The fourth-order valence-corrected chi connectivity index (χ4v) is 7.70. The number of hydrogen-bond acceptors (Lipinski definition) is 9. The quantitative estimate of drug-likeness (QED) is 0.378. The van der Waals surface area contributed by atoms with Crippen molar-refractivity contribution in [2.45, 2.75) is 75.2 Å². The van der Waals surface area contributed by atoms with E-state index in [4.69, 9.17) is 10.5 Å². The summed E-state index contributed by atoms with van der Waals surface area (Å²) in [5, 5.41) is 3.11. The highest BCUT2D eigenvalue weighted by molar-refractivity contribution is 5.92. The number of nitrogens with two attached hydrogens (primary N) is 1. The molecule has 3 N–H and O–H groups in total. The average Bonchev–Trinajstić information content (AvgIpc) is 3.63. The zero-order valence-corrected chi connectivity index (χ0v) is 24.0. The zero-order chi connectivity index (χ0) is 31.0. The summed E-state index contributed by atoms with van der Waals surface area (Å²) in [6.07, 6.45) is -1.69. The number of nitrogens with one attached hydrogen (secondary N) is 1. The van der Waals surface area contributed by atoms with Crippen molar-refractivity contribution in [3.63, 3.8) is 0 Å². The molecular weight excluding hydrogens is 590 g/mol. The number of aromatic nitrogens is 4. The van der Waals surface area contributed by atoms with Crippen LogP contribution in [0.3, 0.4) is 0 Å². The number of piperazine rings is 1. The second-order valence-corrected chi connectivity index (χ2v) is 12.5. The lowest BCUT2D eigenvalue weighted by molar-refractivity contribution is -0.137. The molecule has 7 heterocycles. The minimum atomic E-state index is -4.87. The van der Waals surface area contributed by atoms with Crippen LogP contribution in [0.4, 0.5) is 38.0 Å². The number of anilines is 2. The molecule has 0 aliphatic carbocycles. The van der Waals surface area contributed by atoms with Crippen molar-refractivity contribution in [3.05, 3.63) is 29.2 Å². The molecule has 3 aromatic heterocycles. The molecule has 0 amide bonds. The largest absolute Gasteiger partial charge is 0.461 e. The molecule has 15 heteroatoms. The van der Waals surface area contributed by atoms with Gasteiger partial charge in [-0.15, -0.1) is 0 Å². The van der Waals surface area contributed by atoms with Gasteiger partial charge in [-0.2, -0.15) is 23.1 Å². The third-order valence-corrected chi connectivity index (χ3v) is 9.73. The summed E-state index contributed by atoms with van der Waals surface area (Å²) in [6, 6.07) is 0.632. The maximum atomic E-state index is 16.4. The van der Waals surface area contributed by atoms with Gasteiger partial charge in [0.2, 0.25) is 0 Å². The molecule has 4 saturated heterocycles. The predicted molar refractivity (Wildman–Crippen MR) is 150 cm³/mol. The van der Waals surface area contributed by atoms with E-state index in [2.05, 4.69) is 30.2 Å². The fourth-order valence-electron chi connectivity index (χ4n) is 7.70. The standard InChI is InChI=1S/C29H32F6N8O/c1-15-10-18(36)38-22(19(15)29(33,34)35)23-20(30)21-17(11-37-23)24(42-12-16-4-7-28(13-42,41-16)25(31)32)40-26(39-21)44-14-27-5-2-8-43(27)9-3-6-27/h10-11,16,25,41H,2-9,12-14H2,1H3,(H2,36,38)/t16-,28?/m1/s1. The van der Waals surface area contributed by atoms with E-state index in [9.17, 15) is 22.0 Å². The summed E-state index contributed by atoms with van der Waals surface area (Å²) >= 11 is 0. The second-order valence-electron chi connectivity index (χ2n) is 12.5. The Bertz CT molecular complexity index is 1610. The molecule has 2 atom stereocenters. The van der Waals surface area contributed by atoms with Gasteiger partial charge >= 0.3 is 12.2 Å². The predicted octanol–water partition coefficient (Wildman–Crippen LogP) is 4.72. The van der Waals surface area contributed by atoms with Gasteiger partial charge in [0.25, 0.3) is 6.43 Å². The number of fused-ring (bicyclic) bond motifs is 4. The zero-order valence-electron chi connectivity index (χ0n) is 24.0. The Labute approximate surface area is 249 Å². The van der Waals surface area contributed by atoms with Crippen LogP contribution in [0.25, 0.3) is 22.3 Å². The summed E-state index contributed by atoms with van der Waals surface area (Å²) in [5.41, 5.74) is 0.925. The number of alkyl halides is 5. The Morgan fingerprint density at radius 1 is 1.11 bits per heavy atom. The van der Waals surface area contributed by atoms with Crippen molar-refractivity contribution in [3.8, 4) is 17.4 Å². The van der Waals surface area contributed by atoms with E-state index < -0.39 is 40.9 Å². The van der Waals surface area contributed by atoms with Crippen molar-refractivity contribution in [1.29, 1.82) is 0 Å². The van der Waals surface area contributed by atoms with Gasteiger partial charge in [0.1, 0.15) is 35.1 Å². The maximum Gasteiger partial charge on any atom is 0.418 e. The summed E-state index contributed by atoms with van der Waals surface area (Å²) in [7, 11) is 0.